The van der Waals surface area contributed by atoms with Crippen molar-refractivity contribution in [1.29, 1.82) is 0 Å². The fraction of sp³-hybridized carbons (Fsp3) is 0.105. The lowest BCUT2D eigenvalue weighted by Crippen LogP contribution is -2.15. The van der Waals surface area contributed by atoms with Gasteiger partial charge in [0.25, 0.3) is 0 Å². The van der Waals surface area contributed by atoms with E-state index in [-0.39, 0.29) is 32.6 Å². The number of hydrogen-bond donors (Lipinski definition) is 0. The average Bonchev–Trinajstić information content (AvgIpc) is 3.11. The Morgan fingerprint density at radius 2 is 1.68 bits per heavy atom. The number of methoxy groups -OCH3 is 2. The first-order valence-corrected chi connectivity index (χ1v) is 8.64. The highest BCUT2D eigenvalue weighted by molar-refractivity contribution is 6.42. The Balaban J connectivity index is 2.38. The second-order valence-corrected chi connectivity index (χ2v) is 6.34. The van der Waals surface area contributed by atoms with Crippen LogP contribution in [-0.4, -0.2) is 35.9 Å². The van der Waals surface area contributed by atoms with Crippen LogP contribution in [0.25, 0.3) is 16.9 Å². The van der Waals surface area contributed by atoms with Crippen molar-refractivity contribution >= 4 is 35.1 Å². The van der Waals surface area contributed by atoms with Gasteiger partial charge in [-0.25, -0.2) is 18.7 Å². The van der Waals surface area contributed by atoms with Crippen LogP contribution in [0.5, 0.6) is 0 Å². The van der Waals surface area contributed by atoms with E-state index >= 15 is 0 Å². The first-order chi connectivity index (χ1) is 13.4. The number of carbonyl (C=O) groups is 2. The van der Waals surface area contributed by atoms with Gasteiger partial charge in [-0.3, -0.25) is 0 Å². The molecule has 0 bridgehead atoms. The van der Waals surface area contributed by atoms with Gasteiger partial charge in [0.2, 0.25) is 0 Å². The van der Waals surface area contributed by atoms with Gasteiger partial charge in [0.15, 0.2) is 5.69 Å². The number of ether oxygens (including phenoxy) is 2. The first-order valence-electron chi connectivity index (χ1n) is 7.89. The quantitative estimate of drug-likeness (QED) is 0.455. The van der Waals surface area contributed by atoms with Gasteiger partial charge in [0, 0.05) is 5.56 Å². The van der Waals surface area contributed by atoms with Gasteiger partial charge < -0.3 is 9.47 Å². The van der Waals surface area contributed by atoms with E-state index in [0.717, 1.165) is 13.2 Å². The Morgan fingerprint density at radius 1 is 1.04 bits per heavy atom. The molecule has 0 N–H and O–H groups in total. The van der Waals surface area contributed by atoms with E-state index in [4.69, 9.17) is 32.7 Å². The van der Waals surface area contributed by atoms with Crippen LogP contribution < -0.4 is 0 Å². The second-order valence-electron chi connectivity index (χ2n) is 5.56. The van der Waals surface area contributed by atoms with Gasteiger partial charge in [0.05, 0.1) is 30.0 Å². The van der Waals surface area contributed by atoms with Gasteiger partial charge in [-0.1, -0.05) is 41.4 Å². The summed E-state index contributed by atoms with van der Waals surface area (Å²) in [5.74, 6) is -2.46. The smallest absolute Gasteiger partial charge is 0.357 e. The second kappa shape index (κ2) is 8.00. The third-order valence-electron chi connectivity index (χ3n) is 3.91. The maximum absolute atomic E-state index is 14.1. The van der Waals surface area contributed by atoms with Crippen molar-refractivity contribution in [3.8, 4) is 16.9 Å². The Morgan fingerprint density at radius 3 is 2.25 bits per heavy atom. The van der Waals surface area contributed by atoms with Crippen LogP contribution in [0, 0.1) is 5.82 Å². The number of esters is 2. The van der Waals surface area contributed by atoms with Crippen molar-refractivity contribution < 1.29 is 23.5 Å². The van der Waals surface area contributed by atoms with E-state index < -0.39 is 17.8 Å². The molecule has 3 aromatic rings. The van der Waals surface area contributed by atoms with Crippen LogP contribution in [-0.2, 0) is 9.47 Å². The molecule has 2 aromatic carbocycles. The molecule has 144 valence electrons. The molecule has 0 saturated carbocycles. The number of aromatic nitrogens is 2. The van der Waals surface area contributed by atoms with Crippen LogP contribution in [0.4, 0.5) is 4.39 Å². The Kier molecular flexibility index (Phi) is 5.67. The molecule has 0 fully saturated rings. The Labute approximate surface area is 169 Å². The summed E-state index contributed by atoms with van der Waals surface area (Å²) < 4.78 is 25.0. The van der Waals surface area contributed by atoms with Crippen molar-refractivity contribution in [2.75, 3.05) is 14.2 Å². The van der Waals surface area contributed by atoms with E-state index in [1.807, 2.05) is 0 Å². The lowest BCUT2D eigenvalue weighted by atomic mass is 10.1. The van der Waals surface area contributed by atoms with Crippen molar-refractivity contribution in [3.05, 3.63) is 69.6 Å². The predicted molar refractivity (Wildman–Crippen MR) is 102 cm³/mol. The number of para-hydroxylation sites is 1. The SMILES string of the molecule is COC(=O)c1c(-c2cc(F)c(Cl)c(Cl)c2)nn(-c2ccccc2)c1C(=O)OC. The third-order valence-corrected chi connectivity index (χ3v) is 4.69. The highest BCUT2D eigenvalue weighted by atomic mass is 35.5. The summed E-state index contributed by atoms with van der Waals surface area (Å²) in [5.41, 5.74) is 0.276. The fourth-order valence-corrected chi connectivity index (χ4v) is 2.97. The van der Waals surface area contributed by atoms with Crippen molar-refractivity contribution in [3.63, 3.8) is 0 Å². The zero-order valence-electron chi connectivity index (χ0n) is 14.7. The molecule has 1 heterocycles. The maximum atomic E-state index is 14.1. The number of halogens is 3. The summed E-state index contributed by atoms with van der Waals surface area (Å²) in [6.07, 6.45) is 0. The maximum Gasteiger partial charge on any atom is 0.357 e. The van der Waals surface area contributed by atoms with Gasteiger partial charge in [-0.2, -0.15) is 5.10 Å². The molecule has 9 heteroatoms. The number of hydrogen-bond acceptors (Lipinski definition) is 5. The lowest BCUT2D eigenvalue weighted by molar-refractivity contribution is 0.0549. The lowest BCUT2D eigenvalue weighted by Gasteiger charge is -2.07. The molecular formula is C19H13Cl2FN2O4. The van der Waals surface area contributed by atoms with Crippen LogP contribution in [0.2, 0.25) is 10.0 Å². The van der Waals surface area contributed by atoms with E-state index in [2.05, 4.69) is 5.10 Å². The molecular weight excluding hydrogens is 410 g/mol. The Hall–Kier alpha value is -2.90. The molecule has 0 unspecified atom stereocenters. The molecule has 0 aliphatic carbocycles. The number of nitrogens with zero attached hydrogens (tertiary/aromatic N) is 2. The summed E-state index contributed by atoms with van der Waals surface area (Å²) in [6, 6.07) is 11.0. The van der Waals surface area contributed by atoms with Crippen LogP contribution >= 0.6 is 23.2 Å². The molecule has 0 radical (unpaired) electrons. The largest absolute Gasteiger partial charge is 0.465 e. The normalized spacial score (nSPS) is 10.6. The standard InChI is InChI=1S/C19H13Cl2FN2O4/c1-27-18(25)14-16(10-8-12(20)15(21)13(22)9-10)23-24(17(14)19(26)28-2)11-6-4-3-5-7-11/h3-9H,1-2H3. The minimum atomic E-state index is -0.843. The summed E-state index contributed by atoms with van der Waals surface area (Å²) in [6.45, 7) is 0. The van der Waals surface area contributed by atoms with E-state index in [9.17, 15) is 14.0 Å². The molecule has 0 amide bonds. The molecule has 0 spiro atoms. The molecule has 6 nitrogen and oxygen atoms in total. The molecule has 0 saturated heterocycles. The minimum Gasteiger partial charge on any atom is -0.465 e. The fourth-order valence-electron chi connectivity index (χ4n) is 2.65. The van der Waals surface area contributed by atoms with E-state index in [1.165, 1.54) is 17.9 Å². The number of benzene rings is 2. The van der Waals surface area contributed by atoms with Crippen molar-refractivity contribution in [1.82, 2.24) is 9.78 Å². The topological polar surface area (TPSA) is 70.4 Å². The summed E-state index contributed by atoms with van der Waals surface area (Å²) >= 11 is 11.7. The predicted octanol–water partition coefficient (Wildman–Crippen LogP) is 4.56. The number of rotatable bonds is 4. The molecule has 0 aliphatic rings. The van der Waals surface area contributed by atoms with Crippen molar-refractivity contribution in [2.24, 2.45) is 0 Å². The van der Waals surface area contributed by atoms with Gasteiger partial charge in [-0.05, 0) is 24.3 Å². The van der Waals surface area contributed by atoms with Gasteiger partial charge >= 0.3 is 11.9 Å². The monoisotopic (exact) mass is 422 g/mol. The molecule has 28 heavy (non-hydrogen) atoms. The molecule has 0 aliphatic heterocycles. The molecule has 1 aromatic heterocycles. The Bertz CT molecular complexity index is 1040. The first kappa shape index (κ1) is 19.9. The summed E-state index contributed by atoms with van der Waals surface area (Å²) in [5, 5.41) is 4.02. The van der Waals surface area contributed by atoms with Crippen LogP contribution in [0.3, 0.4) is 0 Å². The van der Waals surface area contributed by atoms with E-state index in [1.54, 1.807) is 30.3 Å². The van der Waals surface area contributed by atoms with Gasteiger partial charge in [0.1, 0.15) is 17.1 Å². The zero-order chi connectivity index (χ0) is 20.4. The summed E-state index contributed by atoms with van der Waals surface area (Å²) in [4.78, 5) is 25.0. The highest BCUT2D eigenvalue weighted by Crippen LogP contribution is 2.34. The van der Waals surface area contributed by atoms with Crippen LogP contribution in [0.1, 0.15) is 20.8 Å². The van der Waals surface area contributed by atoms with Crippen LogP contribution in [0.15, 0.2) is 42.5 Å². The molecule has 0 atom stereocenters. The summed E-state index contributed by atoms with van der Waals surface area (Å²) in [7, 11) is 2.33. The van der Waals surface area contributed by atoms with E-state index in [0.29, 0.717) is 5.69 Å². The number of carbonyl (C=O) groups excluding carboxylic acids is 2. The highest BCUT2D eigenvalue weighted by Gasteiger charge is 2.31. The molecule has 3 rings (SSSR count). The van der Waals surface area contributed by atoms with Crippen molar-refractivity contribution in [2.45, 2.75) is 0 Å². The average molecular weight is 423 g/mol. The van der Waals surface area contributed by atoms with Gasteiger partial charge in [-0.15, -0.1) is 0 Å². The zero-order valence-corrected chi connectivity index (χ0v) is 16.2. The third kappa shape index (κ3) is 3.46. The minimum absolute atomic E-state index is 0.00595.